The monoisotopic (exact) mass is 354 g/mol. The minimum Gasteiger partial charge on any atom is -0.392 e. The highest BCUT2D eigenvalue weighted by Crippen LogP contribution is 2.24. The molecule has 1 heterocycles. The van der Waals surface area contributed by atoms with E-state index in [4.69, 9.17) is 0 Å². The third kappa shape index (κ3) is 3.87. The zero-order valence-electron chi connectivity index (χ0n) is 11.9. The highest BCUT2D eigenvalue weighted by Gasteiger charge is 2.15. The molecule has 20 heavy (non-hydrogen) atoms. The molecule has 2 rings (SSSR count). The molecule has 0 radical (unpaired) electrons. The van der Waals surface area contributed by atoms with Gasteiger partial charge in [0.25, 0.3) is 0 Å². The molecule has 0 saturated heterocycles. The third-order valence-electron chi connectivity index (χ3n) is 3.12. The fourth-order valence-corrected chi connectivity index (χ4v) is 3.53. The first kappa shape index (κ1) is 15.6. The average Bonchev–Trinajstić information content (AvgIpc) is 2.63. The molecule has 3 nitrogen and oxygen atoms in total. The third-order valence-corrected chi connectivity index (χ3v) is 5.29. The zero-order chi connectivity index (χ0) is 14.7. The van der Waals surface area contributed by atoms with Gasteiger partial charge in [-0.2, -0.15) is 5.10 Å². The summed E-state index contributed by atoms with van der Waals surface area (Å²) < 4.78 is 2.83. The van der Waals surface area contributed by atoms with Gasteiger partial charge in [0.15, 0.2) is 0 Å². The molecule has 2 aromatic rings. The summed E-state index contributed by atoms with van der Waals surface area (Å²) in [6.45, 7) is 4.04. The molecule has 0 aliphatic rings. The lowest BCUT2D eigenvalue weighted by atomic mass is 10.2. The summed E-state index contributed by atoms with van der Waals surface area (Å²) in [7, 11) is 1.91. The van der Waals surface area contributed by atoms with Crippen molar-refractivity contribution in [3.63, 3.8) is 0 Å². The Balaban J connectivity index is 1.94. The lowest BCUT2D eigenvalue weighted by Gasteiger charge is -2.11. The van der Waals surface area contributed by atoms with Crippen LogP contribution in [-0.2, 0) is 13.5 Å². The zero-order valence-corrected chi connectivity index (χ0v) is 14.3. The average molecular weight is 355 g/mol. The number of thioether (sulfide) groups is 1. The maximum atomic E-state index is 10.2. The lowest BCUT2D eigenvalue weighted by molar-refractivity contribution is 0.197. The fourth-order valence-electron chi connectivity index (χ4n) is 2.08. The molecular formula is C15H19BrN2OS. The summed E-state index contributed by atoms with van der Waals surface area (Å²) >= 11 is 5.22. The van der Waals surface area contributed by atoms with Gasteiger partial charge in [-0.15, -0.1) is 11.8 Å². The second kappa shape index (κ2) is 6.78. The molecule has 0 fully saturated rings. The second-order valence-electron chi connectivity index (χ2n) is 4.96. The van der Waals surface area contributed by atoms with Crippen molar-refractivity contribution in [1.82, 2.24) is 9.78 Å². The lowest BCUT2D eigenvalue weighted by Crippen LogP contribution is -2.16. The van der Waals surface area contributed by atoms with Gasteiger partial charge in [0.05, 0.1) is 22.0 Å². The Morgan fingerprint density at radius 2 is 2.15 bits per heavy atom. The van der Waals surface area contributed by atoms with E-state index < -0.39 is 0 Å². The standard InChI is InChI=1S/C15H19BrN2OS/c1-10-5-4-6-13(7-10)20-9-12(19)8-14-15(16)11(2)17-18(14)3/h4-7,12,19H,8-9H2,1-3H3. The van der Waals surface area contributed by atoms with Crippen LogP contribution in [0.2, 0.25) is 0 Å². The Morgan fingerprint density at radius 3 is 2.75 bits per heavy atom. The number of aryl methyl sites for hydroxylation is 3. The summed E-state index contributed by atoms with van der Waals surface area (Å²) in [5, 5.41) is 14.6. The Labute approximate surface area is 132 Å². The van der Waals surface area contributed by atoms with Gasteiger partial charge in [-0.05, 0) is 41.9 Å². The van der Waals surface area contributed by atoms with Crippen LogP contribution < -0.4 is 0 Å². The van der Waals surface area contributed by atoms with Gasteiger partial charge in [-0.25, -0.2) is 0 Å². The summed E-state index contributed by atoms with van der Waals surface area (Å²) in [5.74, 6) is 0.681. The number of aliphatic hydroxyl groups is 1. The molecule has 1 aromatic carbocycles. The maximum Gasteiger partial charge on any atom is 0.0738 e. The van der Waals surface area contributed by atoms with Crippen LogP contribution in [0.25, 0.3) is 0 Å². The van der Waals surface area contributed by atoms with Crippen molar-refractivity contribution in [2.24, 2.45) is 7.05 Å². The SMILES string of the molecule is Cc1cccc(SCC(O)Cc2c(Br)c(C)nn2C)c1. The molecule has 0 aliphatic carbocycles. The molecule has 0 bridgehead atoms. The van der Waals surface area contributed by atoms with E-state index in [-0.39, 0.29) is 6.10 Å². The van der Waals surface area contributed by atoms with Crippen molar-refractivity contribution >= 4 is 27.7 Å². The van der Waals surface area contributed by atoms with E-state index in [1.165, 1.54) is 10.5 Å². The van der Waals surface area contributed by atoms with Crippen molar-refractivity contribution in [3.8, 4) is 0 Å². The maximum absolute atomic E-state index is 10.2. The Morgan fingerprint density at radius 1 is 1.40 bits per heavy atom. The number of rotatable bonds is 5. The molecule has 108 valence electrons. The topological polar surface area (TPSA) is 38.1 Å². The highest BCUT2D eigenvalue weighted by atomic mass is 79.9. The number of aromatic nitrogens is 2. The largest absolute Gasteiger partial charge is 0.392 e. The summed E-state index contributed by atoms with van der Waals surface area (Å²) in [6, 6.07) is 8.34. The van der Waals surface area contributed by atoms with Crippen molar-refractivity contribution in [3.05, 3.63) is 45.7 Å². The molecule has 5 heteroatoms. The van der Waals surface area contributed by atoms with Crippen molar-refractivity contribution in [2.45, 2.75) is 31.3 Å². The van der Waals surface area contributed by atoms with E-state index >= 15 is 0 Å². The number of aliphatic hydroxyl groups excluding tert-OH is 1. The first-order valence-corrected chi connectivity index (χ1v) is 8.30. The number of benzene rings is 1. The number of hydrogen-bond donors (Lipinski definition) is 1. The Kier molecular flexibility index (Phi) is 5.29. The van der Waals surface area contributed by atoms with E-state index in [9.17, 15) is 5.11 Å². The van der Waals surface area contributed by atoms with Crippen LogP contribution in [-0.4, -0.2) is 26.7 Å². The van der Waals surface area contributed by atoms with Crippen molar-refractivity contribution in [2.75, 3.05) is 5.75 Å². The Bertz CT molecular complexity index is 598. The fraction of sp³-hybridized carbons (Fsp3) is 0.400. The molecule has 0 saturated carbocycles. The van der Waals surface area contributed by atoms with Gasteiger partial charge in [0.2, 0.25) is 0 Å². The predicted molar refractivity (Wildman–Crippen MR) is 87.3 cm³/mol. The van der Waals surface area contributed by atoms with E-state index in [0.717, 1.165) is 15.9 Å². The van der Waals surface area contributed by atoms with E-state index in [1.807, 2.05) is 24.7 Å². The number of hydrogen-bond acceptors (Lipinski definition) is 3. The minimum absolute atomic E-state index is 0.383. The van der Waals surface area contributed by atoms with Gasteiger partial charge >= 0.3 is 0 Å². The first-order valence-electron chi connectivity index (χ1n) is 6.53. The van der Waals surface area contributed by atoms with E-state index in [0.29, 0.717) is 12.2 Å². The molecule has 0 aliphatic heterocycles. The van der Waals surface area contributed by atoms with Crippen LogP contribution in [0.3, 0.4) is 0 Å². The van der Waals surface area contributed by atoms with Crippen LogP contribution >= 0.6 is 27.7 Å². The molecule has 1 atom stereocenters. The van der Waals surface area contributed by atoms with Gasteiger partial charge in [0, 0.05) is 24.1 Å². The second-order valence-corrected chi connectivity index (χ2v) is 6.84. The molecular weight excluding hydrogens is 336 g/mol. The smallest absolute Gasteiger partial charge is 0.0738 e. The summed E-state index contributed by atoms with van der Waals surface area (Å²) in [5.41, 5.74) is 3.25. The van der Waals surface area contributed by atoms with Crippen LogP contribution in [0.1, 0.15) is 17.0 Å². The van der Waals surface area contributed by atoms with Gasteiger partial charge in [-0.1, -0.05) is 17.7 Å². The summed E-state index contributed by atoms with van der Waals surface area (Å²) in [4.78, 5) is 1.20. The van der Waals surface area contributed by atoms with Gasteiger partial charge in [0.1, 0.15) is 0 Å². The van der Waals surface area contributed by atoms with Gasteiger partial charge < -0.3 is 5.11 Å². The van der Waals surface area contributed by atoms with E-state index in [1.54, 1.807) is 11.8 Å². The quantitative estimate of drug-likeness (QED) is 0.835. The van der Waals surface area contributed by atoms with Crippen LogP contribution in [0.5, 0.6) is 0 Å². The van der Waals surface area contributed by atoms with Crippen LogP contribution in [0.15, 0.2) is 33.6 Å². The van der Waals surface area contributed by atoms with E-state index in [2.05, 4.69) is 46.2 Å². The number of nitrogens with zero attached hydrogens (tertiary/aromatic N) is 2. The van der Waals surface area contributed by atoms with Crippen molar-refractivity contribution < 1.29 is 5.11 Å². The molecule has 1 aromatic heterocycles. The molecule has 1 N–H and O–H groups in total. The van der Waals surface area contributed by atoms with Crippen molar-refractivity contribution in [1.29, 1.82) is 0 Å². The Hall–Kier alpha value is -0.780. The van der Waals surface area contributed by atoms with Crippen LogP contribution in [0.4, 0.5) is 0 Å². The van der Waals surface area contributed by atoms with Crippen LogP contribution in [0, 0.1) is 13.8 Å². The summed E-state index contributed by atoms with van der Waals surface area (Å²) in [6.07, 6.45) is 0.225. The number of halogens is 1. The molecule has 1 unspecified atom stereocenters. The molecule has 0 spiro atoms. The minimum atomic E-state index is -0.383. The molecule has 0 amide bonds. The highest BCUT2D eigenvalue weighted by molar-refractivity contribution is 9.10. The predicted octanol–water partition coefficient (Wildman–Crippen LogP) is 3.50. The van der Waals surface area contributed by atoms with Gasteiger partial charge in [-0.3, -0.25) is 4.68 Å². The normalized spacial score (nSPS) is 12.7. The first-order chi connectivity index (χ1) is 9.47.